The van der Waals surface area contributed by atoms with Gasteiger partial charge in [-0.05, 0) is 65.7 Å². The van der Waals surface area contributed by atoms with E-state index in [1.165, 1.54) is 0 Å². The number of carbonyl (C=O) groups excluding carboxylic acids is 2. The lowest BCUT2D eigenvalue weighted by Crippen LogP contribution is -2.54. The maximum Gasteiger partial charge on any atom is 0.408 e. The van der Waals surface area contributed by atoms with Gasteiger partial charge < -0.3 is 26.0 Å². The molecule has 0 radical (unpaired) electrons. The average molecular weight is 562 g/mol. The van der Waals surface area contributed by atoms with Crippen LogP contribution in [0.4, 0.5) is 4.79 Å². The largest absolute Gasteiger partial charge is 0.444 e. The molecular formula is C23H40IN5O3. The number of hydrogen-bond acceptors (Lipinski definition) is 4. The summed E-state index contributed by atoms with van der Waals surface area (Å²) in [5, 5.41) is 12.3. The third-order valence-corrected chi connectivity index (χ3v) is 4.40. The molecule has 1 rings (SSSR count). The predicted molar refractivity (Wildman–Crippen MR) is 141 cm³/mol. The maximum atomic E-state index is 12.3. The quantitative estimate of drug-likeness (QED) is 0.220. The first-order valence-corrected chi connectivity index (χ1v) is 10.7. The summed E-state index contributed by atoms with van der Waals surface area (Å²) in [6.45, 7) is 14.2. The Balaban J connectivity index is 0.00000961. The molecule has 8 nitrogen and oxygen atoms in total. The second kappa shape index (κ2) is 13.5. The van der Waals surface area contributed by atoms with Gasteiger partial charge in [-0.2, -0.15) is 0 Å². The number of aliphatic imine (C=N–C) groups is 1. The summed E-state index contributed by atoms with van der Waals surface area (Å²) < 4.78 is 5.32. The van der Waals surface area contributed by atoms with Gasteiger partial charge in [0.05, 0.1) is 5.54 Å². The predicted octanol–water partition coefficient (Wildman–Crippen LogP) is 3.80. The molecule has 4 N–H and O–H groups in total. The van der Waals surface area contributed by atoms with E-state index < -0.39 is 17.2 Å². The van der Waals surface area contributed by atoms with Crippen molar-refractivity contribution < 1.29 is 14.3 Å². The van der Waals surface area contributed by atoms with E-state index in [9.17, 15) is 9.59 Å². The minimum Gasteiger partial charge on any atom is -0.444 e. The van der Waals surface area contributed by atoms with Crippen LogP contribution in [0.2, 0.25) is 0 Å². The van der Waals surface area contributed by atoms with Gasteiger partial charge >= 0.3 is 6.09 Å². The topological polar surface area (TPSA) is 104 Å². The molecule has 0 fully saturated rings. The average Bonchev–Trinajstić information content (AvgIpc) is 2.66. The Morgan fingerprint density at radius 3 is 2.34 bits per heavy atom. The molecule has 0 bridgehead atoms. The Kier molecular flexibility index (Phi) is 12.6. The Morgan fingerprint density at radius 2 is 1.78 bits per heavy atom. The second-order valence-corrected chi connectivity index (χ2v) is 9.27. The molecule has 1 atom stereocenters. The zero-order chi connectivity index (χ0) is 23.7. The van der Waals surface area contributed by atoms with Crippen LogP contribution in [0.5, 0.6) is 0 Å². The highest BCUT2D eigenvalue weighted by Gasteiger charge is 2.24. The number of halogens is 1. The molecule has 182 valence electrons. The minimum atomic E-state index is -0.550. The molecule has 0 heterocycles. The first-order valence-electron chi connectivity index (χ1n) is 10.7. The van der Waals surface area contributed by atoms with Crippen LogP contribution in [-0.4, -0.2) is 48.7 Å². The number of benzene rings is 1. The normalized spacial score (nSPS) is 12.8. The van der Waals surface area contributed by atoms with Gasteiger partial charge in [0.2, 0.25) is 0 Å². The van der Waals surface area contributed by atoms with E-state index in [4.69, 9.17) is 4.74 Å². The lowest BCUT2D eigenvalue weighted by atomic mass is 10.1. The molecule has 0 saturated carbocycles. The summed E-state index contributed by atoms with van der Waals surface area (Å²) in [6, 6.07) is 7.63. The van der Waals surface area contributed by atoms with E-state index in [-0.39, 0.29) is 35.9 Å². The van der Waals surface area contributed by atoms with Crippen LogP contribution in [0.25, 0.3) is 0 Å². The molecule has 0 saturated heterocycles. The maximum absolute atomic E-state index is 12.3. The van der Waals surface area contributed by atoms with E-state index in [2.05, 4.69) is 26.3 Å². The summed E-state index contributed by atoms with van der Waals surface area (Å²) in [7, 11) is 1.68. The van der Waals surface area contributed by atoms with E-state index in [1.54, 1.807) is 13.1 Å². The van der Waals surface area contributed by atoms with E-state index >= 15 is 0 Å². The van der Waals surface area contributed by atoms with Crippen LogP contribution < -0.4 is 21.3 Å². The van der Waals surface area contributed by atoms with Crippen molar-refractivity contribution in [2.75, 3.05) is 13.6 Å². The van der Waals surface area contributed by atoms with Crippen molar-refractivity contribution in [2.24, 2.45) is 4.99 Å². The van der Waals surface area contributed by atoms with Crippen molar-refractivity contribution in [1.82, 2.24) is 21.3 Å². The van der Waals surface area contributed by atoms with Crippen LogP contribution >= 0.6 is 24.0 Å². The monoisotopic (exact) mass is 561 g/mol. The smallest absolute Gasteiger partial charge is 0.408 e. The standard InChI is InChI=1S/C23H39N5O3.HI/c1-9-16(2)27-19(29)18-12-10-11-17(13-18)14-25-20(24-8)26-15-23(6,7)28-21(30)31-22(3,4)5;/h10-13,16H,9,14-15H2,1-8H3,(H,27,29)(H,28,30)(H2,24,25,26);1H. The van der Waals surface area contributed by atoms with Crippen LogP contribution in [0.3, 0.4) is 0 Å². The van der Waals surface area contributed by atoms with Crippen LogP contribution in [-0.2, 0) is 11.3 Å². The summed E-state index contributed by atoms with van der Waals surface area (Å²) in [5.74, 6) is 0.516. The molecule has 1 aromatic rings. The summed E-state index contributed by atoms with van der Waals surface area (Å²) in [6.07, 6.45) is 0.420. The molecule has 9 heteroatoms. The molecule has 0 spiro atoms. The number of nitrogens with one attached hydrogen (secondary N) is 4. The third kappa shape index (κ3) is 12.1. The van der Waals surface area contributed by atoms with Crippen molar-refractivity contribution in [3.63, 3.8) is 0 Å². The SMILES string of the molecule is CCC(C)NC(=O)c1cccc(CNC(=NC)NCC(C)(C)NC(=O)OC(C)(C)C)c1.I. The summed E-state index contributed by atoms with van der Waals surface area (Å²) in [4.78, 5) is 28.6. The Morgan fingerprint density at radius 1 is 1.12 bits per heavy atom. The highest BCUT2D eigenvalue weighted by atomic mass is 127. The highest BCUT2D eigenvalue weighted by Crippen LogP contribution is 2.09. The number of rotatable bonds is 8. The Labute approximate surface area is 209 Å². The number of amides is 2. The van der Waals surface area contributed by atoms with Crippen molar-refractivity contribution in [2.45, 2.75) is 78.6 Å². The number of alkyl carbamates (subject to hydrolysis) is 1. The zero-order valence-corrected chi connectivity index (χ0v) is 22.9. The molecule has 2 amide bonds. The number of ether oxygens (including phenoxy) is 1. The lowest BCUT2D eigenvalue weighted by Gasteiger charge is -2.29. The molecular weight excluding hydrogens is 521 g/mol. The molecule has 32 heavy (non-hydrogen) atoms. The van der Waals surface area contributed by atoms with Crippen molar-refractivity contribution >= 4 is 41.9 Å². The first kappa shape index (κ1) is 30.0. The van der Waals surface area contributed by atoms with Crippen molar-refractivity contribution in [1.29, 1.82) is 0 Å². The van der Waals surface area contributed by atoms with E-state index in [1.807, 2.05) is 66.7 Å². The van der Waals surface area contributed by atoms with E-state index in [0.717, 1.165) is 12.0 Å². The van der Waals surface area contributed by atoms with Crippen LogP contribution in [0.15, 0.2) is 29.3 Å². The summed E-state index contributed by atoms with van der Waals surface area (Å²) in [5.41, 5.74) is 0.496. The van der Waals surface area contributed by atoms with Gasteiger partial charge in [0, 0.05) is 31.7 Å². The molecule has 0 aromatic heterocycles. The fourth-order valence-electron chi connectivity index (χ4n) is 2.57. The lowest BCUT2D eigenvalue weighted by molar-refractivity contribution is 0.0473. The van der Waals surface area contributed by atoms with Gasteiger partial charge in [-0.3, -0.25) is 9.79 Å². The van der Waals surface area contributed by atoms with Gasteiger partial charge in [-0.25, -0.2) is 4.79 Å². The second-order valence-electron chi connectivity index (χ2n) is 9.27. The molecule has 0 aliphatic heterocycles. The van der Waals surface area contributed by atoms with Gasteiger partial charge in [0.1, 0.15) is 5.60 Å². The number of hydrogen-bond donors (Lipinski definition) is 4. The molecule has 1 aromatic carbocycles. The molecule has 0 aliphatic carbocycles. The fourth-order valence-corrected chi connectivity index (χ4v) is 2.57. The third-order valence-electron chi connectivity index (χ3n) is 4.40. The first-order chi connectivity index (χ1) is 14.3. The fraction of sp³-hybridized carbons (Fsp3) is 0.609. The highest BCUT2D eigenvalue weighted by molar-refractivity contribution is 14.0. The van der Waals surface area contributed by atoms with Crippen molar-refractivity contribution in [3.8, 4) is 0 Å². The van der Waals surface area contributed by atoms with Gasteiger partial charge in [-0.15, -0.1) is 24.0 Å². The Hall–Kier alpha value is -2.04. The van der Waals surface area contributed by atoms with Crippen LogP contribution in [0, 0.1) is 0 Å². The molecule has 0 aliphatic rings. The number of guanidine groups is 1. The Bertz CT molecular complexity index is 775. The van der Waals surface area contributed by atoms with E-state index in [0.29, 0.717) is 24.6 Å². The molecule has 1 unspecified atom stereocenters. The summed E-state index contributed by atoms with van der Waals surface area (Å²) >= 11 is 0. The van der Waals surface area contributed by atoms with Gasteiger partial charge in [-0.1, -0.05) is 19.1 Å². The van der Waals surface area contributed by atoms with Gasteiger partial charge in [0.15, 0.2) is 5.96 Å². The number of nitrogens with zero attached hydrogens (tertiary/aromatic N) is 1. The van der Waals surface area contributed by atoms with Gasteiger partial charge in [0.25, 0.3) is 5.91 Å². The number of carbonyl (C=O) groups is 2. The van der Waals surface area contributed by atoms with Crippen molar-refractivity contribution in [3.05, 3.63) is 35.4 Å². The minimum absolute atomic E-state index is 0. The van der Waals surface area contributed by atoms with Crippen LogP contribution in [0.1, 0.15) is 70.8 Å². The zero-order valence-electron chi connectivity index (χ0n) is 20.6.